The number of hydrogen-bond donors (Lipinski definition) is 1. The van der Waals surface area contributed by atoms with Crippen LogP contribution >= 0.6 is 11.8 Å². The van der Waals surface area contributed by atoms with Crippen molar-refractivity contribution < 1.29 is 0 Å². The molecule has 1 nitrogen and oxygen atoms in total. The molecule has 0 bridgehead atoms. The monoisotopic (exact) mass is 245 g/mol. The molecule has 0 saturated carbocycles. The summed E-state index contributed by atoms with van der Waals surface area (Å²) in [6.07, 6.45) is 6.67. The fourth-order valence-electron chi connectivity index (χ4n) is 2.22. The van der Waals surface area contributed by atoms with E-state index < -0.39 is 0 Å². The zero-order valence-electron chi connectivity index (χ0n) is 11.8. The first-order chi connectivity index (χ1) is 7.68. The Kier molecular flexibility index (Phi) is 10.7. The Balaban J connectivity index is 3.81. The third-order valence-electron chi connectivity index (χ3n) is 3.11. The first kappa shape index (κ1) is 16.3. The second kappa shape index (κ2) is 10.5. The van der Waals surface area contributed by atoms with Crippen molar-refractivity contribution in [3.8, 4) is 0 Å². The molecule has 0 aromatic carbocycles. The molecule has 98 valence electrons. The van der Waals surface area contributed by atoms with Crippen molar-refractivity contribution in [3.63, 3.8) is 0 Å². The van der Waals surface area contributed by atoms with Crippen molar-refractivity contribution in [2.24, 2.45) is 5.41 Å². The zero-order valence-corrected chi connectivity index (χ0v) is 12.6. The lowest BCUT2D eigenvalue weighted by molar-refractivity contribution is 0.254. The molecule has 0 spiro atoms. The third-order valence-corrected chi connectivity index (χ3v) is 4.09. The average Bonchev–Trinajstić information content (AvgIpc) is 2.25. The number of nitrogens with one attached hydrogen (secondary N) is 1. The summed E-state index contributed by atoms with van der Waals surface area (Å²) in [7, 11) is 0. The summed E-state index contributed by atoms with van der Waals surface area (Å²) in [6, 6.07) is 0. The predicted molar refractivity (Wildman–Crippen MR) is 78.4 cm³/mol. The maximum Gasteiger partial charge on any atom is 0.000516 e. The summed E-state index contributed by atoms with van der Waals surface area (Å²) in [5.41, 5.74) is 0.526. The largest absolute Gasteiger partial charge is 0.316 e. The van der Waals surface area contributed by atoms with Crippen LogP contribution in [0.3, 0.4) is 0 Å². The molecule has 2 heteroatoms. The Morgan fingerprint density at radius 2 is 1.81 bits per heavy atom. The van der Waals surface area contributed by atoms with Crippen LogP contribution in [0, 0.1) is 5.41 Å². The van der Waals surface area contributed by atoms with Gasteiger partial charge in [0.15, 0.2) is 0 Å². The Bertz CT molecular complexity index is 150. The van der Waals surface area contributed by atoms with Crippen LogP contribution in [0.25, 0.3) is 0 Å². The third kappa shape index (κ3) is 8.46. The average molecular weight is 245 g/mol. The molecule has 1 N–H and O–H groups in total. The second-order valence-electron chi connectivity index (χ2n) is 5.04. The van der Waals surface area contributed by atoms with E-state index in [0.717, 1.165) is 0 Å². The van der Waals surface area contributed by atoms with Gasteiger partial charge in [-0.3, -0.25) is 0 Å². The molecular formula is C14H31NS. The normalized spacial score (nSPS) is 15.0. The van der Waals surface area contributed by atoms with Crippen molar-refractivity contribution in [1.82, 2.24) is 5.32 Å². The molecule has 0 amide bonds. The van der Waals surface area contributed by atoms with Gasteiger partial charge in [-0.05, 0) is 49.1 Å². The van der Waals surface area contributed by atoms with Gasteiger partial charge < -0.3 is 5.32 Å². The van der Waals surface area contributed by atoms with Gasteiger partial charge in [0.1, 0.15) is 0 Å². The maximum atomic E-state index is 3.59. The topological polar surface area (TPSA) is 12.0 Å². The highest BCUT2D eigenvalue weighted by Crippen LogP contribution is 2.29. The smallest absolute Gasteiger partial charge is 0.000516 e. The van der Waals surface area contributed by atoms with E-state index in [4.69, 9.17) is 0 Å². The Labute approximate surface area is 107 Å². The van der Waals surface area contributed by atoms with Crippen LogP contribution in [0.1, 0.15) is 59.8 Å². The lowest BCUT2D eigenvalue weighted by atomic mass is 9.81. The molecular weight excluding hydrogens is 214 g/mol. The quantitative estimate of drug-likeness (QED) is 0.544. The molecule has 0 rings (SSSR count). The minimum Gasteiger partial charge on any atom is -0.316 e. The van der Waals surface area contributed by atoms with Crippen molar-refractivity contribution in [1.29, 1.82) is 0 Å². The second-order valence-corrected chi connectivity index (χ2v) is 6.43. The summed E-state index contributed by atoms with van der Waals surface area (Å²) in [5.74, 6) is 2.60. The van der Waals surface area contributed by atoms with Gasteiger partial charge in [-0.1, -0.05) is 34.1 Å². The summed E-state index contributed by atoms with van der Waals surface area (Å²) in [6.45, 7) is 11.6. The van der Waals surface area contributed by atoms with E-state index in [1.165, 1.54) is 56.7 Å². The molecule has 1 unspecified atom stereocenters. The molecule has 0 aliphatic rings. The van der Waals surface area contributed by atoms with E-state index in [0.29, 0.717) is 5.41 Å². The van der Waals surface area contributed by atoms with E-state index in [-0.39, 0.29) is 0 Å². The van der Waals surface area contributed by atoms with E-state index in [1.807, 2.05) is 0 Å². The number of thioether (sulfide) groups is 1. The number of hydrogen-bond acceptors (Lipinski definition) is 2. The SMILES string of the molecule is CCCNCC(C)(CCC)CCCSCC. The van der Waals surface area contributed by atoms with Crippen LogP contribution < -0.4 is 5.32 Å². The van der Waals surface area contributed by atoms with Gasteiger partial charge in [-0.2, -0.15) is 11.8 Å². The molecule has 0 heterocycles. The van der Waals surface area contributed by atoms with E-state index in [1.54, 1.807) is 0 Å². The minimum atomic E-state index is 0.526. The van der Waals surface area contributed by atoms with Gasteiger partial charge in [0, 0.05) is 6.54 Å². The maximum absolute atomic E-state index is 3.59. The van der Waals surface area contributed by atoms with Crippen LogP contribution in [0.2, 0.25) is 0 Å². The Morgan fingerprint density at radius 3 is 2.38 bits per heavy atom. The molecule has 0 fully saturated rings. The van der Waals surface area contributed by atoms with Crippen molar-refractivity contribution >= 4 is 11.8 Å². The summed E-state index contributed by atoms with van der Waals surface area (Å²) in [5, 5.41) is 3.59. The van der Waals surface area contributed by atoms with Crippen molar-refractivity contribution in [3.05, 3.63) is 0 Å². The van der Waals surface area contributed by atoms with E-state index in [9.17, 15) is 0 Å². The molecule has 16 heavy (non-hydrogen) atoms. The van der Waals surface area contributed by atoms with Gasteiger partial charge in [0.05, 0.1) is 0 Å². The minimum absolute atomic E-state index is 0.526. The highest BCUT2D eigenvalue weighted by Gasteiger charge is 2.21. The van der Waals surface area contributed by atoms with Crippen LogP contribution in [-0.4, -0.2) is 24.6 Å². The first-order valence-electron chi connectivity index (χ1n) is 6.97. The van der Waals surface area contributed by atoms with Crippen molar-refractivity contribution in [2.75, 3.05) is 24.6 Å². The summed E-state index contributed by atoms with van der Waals surface area (Å²) < 4.78 is 0. The number of rotatable bonds is 11. The van der Waals surface area contributed by atoms with E-state index in [2.05, 4.69) is 44.8 Å². The van der Waals surface area contributed by atoms with Gasteiger partial charge in [0.2, 0.25) is 0 Å². The Morgan fingerprint density at radius 1 is 1.06 bits per heavy atom. The van der Waals surface area contributed by atoms with Crippen LogP contribution in [0.5, 0.6) is 0 Å². The zero-order chi connectivity index (χ0) is 12.3. The van der Waals surface area contributed by atoms with Crippen LogP contribution in [0.15, 0.2) is 0 Å². The van der Waals surface area contributed by atoms with Crippen LogP contribution in [-0.2, 0) is 0 Å². The summed E-state index contributed by atoms with van der Waals surface area (Å²) in [4.78, 5) is 0. The highest BCUT2D eigenvalue weighted by atomic mass is 32.2. The highest BCUT2D eigenvalue weighted by molar-refractivity contribution is 7.99. The van der Waals surface area contributed by atoms with E-state index >= 15 is 0 Å². The van der Waals surface area contributed by atoms with Crippen molar-refractivity contribution in [2.45, 2.75) is 59.8 Å². The van der Waals surface area contributed by atoms with Gasteiger partial charge in [0.25, 0.3) is 0 Å². The van der Waals surface area contributed by atoms with Gasteiger partial charge >= 0.3 is 0 Å². The molecule has 0 radical (unpaired) electrons. The lowest BCUT2D eigenvalue weighted by Crippen LogP contribution is -2.32. The molecule has 0 aromatic heterocycles. The molecule has 1 atom stereocenters. The molecule has 0 aliphatic heterocycles. The standard InChI is InChI=1S/C14H31NS/c1-5-9-14(4,13-15-11-6-2)10-8-12-16-7-3/h15H,5-13H2,1-4H3. The predicted octanol–water partition coefficient (Wildman–Crippen LogP) is 4.33. The fourth-order valence-corrected chi connectivity index (χ4v) is 2.85. The van der Waals surface area contributed by atoms with Gasteiger partial charge in [-0.25, -0.2) is 0 Å². The molecule has 0 saturated heterocycles. The van der Waals surface area contributed by atoms with Crippen LogP contribution in [0.4, 0.5) is 0 Å². The fraction of sp³-hybridized carbons (Fsp3) is 1.00. The first-order valence-corrected chi connectivity index (χ1v) is 8.12. The Hall–Kier alpha value is 0.310. The molecule has 0 aromatic rings. The summed E-state index contributed by atoms with van der Waals surface area (Å²) >= 11 is 2.07. The molecule has 0 aliphatic carbocycles. The lowest BCUT2D eigenvalue weighted by Gasteiger charge is -2.30. The van der Waals surface area contributed by atoms with Gasteiger partial charge in [-0.15, -0.1) is 0 Å².